The molecule has 0 aromatic heterocycles. The topological polar surface area (TPSA) is 52.3 Å². The summed E-state index contributed by atoms with van der Waals surface area (Å²) in [6.45, 7) is 0. The van der Waals surface area contributed by atoms with Crippen LogP contribution >= 0.6 is 0 Å². The van der Waals surface area contributed by atoms with Crippen LogP contribution in [-0.2, 0) is 9.53 Å². The molecule has 0 aromatic rings. The first-order valence-corrected chi connectivity index (χ1v) is 3.06. The maximum Gasteiger partial charge on any atom is 0.249 e. The van der Waals surface area contributed by atoms with Gasteiger partial charge in [-0.05, 0) is 19.3 Å². The van der Waals surface area contributed by atoms with Gasteiger partial charge in [0.1, 0.15) is 5.60 Å². The molecule has 0 atom stereocenters. The van der Waals surface area contributed by atoms with Crippen LogP contribution in [0.15, 0.2) is 0 Å². The van der Waals surface area contributed by atoms with Crippen LogP contribution in [0.2, 0.25) is 0 Å². The Hall–Kier alpha value is -0.570. The molecule has 0 unspecified atom stereocenters. The summed E-state index contributed by atoms with van der Waals surface area (Å²) < 4.78 is 4.96. The van der Waals surface area contributed by atoms with Gasteiger partial charge in [0.15, 0.2) is 0 Å². The Morgan fingerprint density at radius 2 is 2.22 bits per heavy atom. The Morgan fingerprint density at radius 3 is 2.22 bits per heavy atom. The van der Waals surface area contributed by atoms with E-state index < -0.39 is 5.60 Å². The summed E-state index contributed by atoms with van der Waals surface area (Å²) in [4.78, 5) is 10.6. The quantitative estimate of drug-likeness (QED) is 0.572. The molecule has 0 bridgehead atoms. The van der Waals surface area contributed by atoms with Crippen LogP contribution in [0.3, 0.4) is 0 Å². The summed E-state index contributed by atoms with van der Waals surface area (Å²) in [5.41, 5.74) is 4.48. The van der Waals surface area contributed by atoms with Crippen molar-refractivity contribution in [2.75, 3.05) is 7.11 Å². The number of carbonyl (C=O) groups is 1. The van der Waals surface area contributed by atoms with Gasteiger partial charge in [-0.2, -0.15) is 0 Å². The zero-order chi connectivity index (χ0) is 6.91. The fraction of sp³-hybridized carbons (Fsp3) is 0.833. The van der Waals surface area contributed by atoms with Gasteiger partial charge >= 0.3 is 0 Å². The first-order valence-electron chi connectivity index (χ1n) is 3.06. The number of carbonyl (C=O) groups excluding carboxylic acids is 1. The van der Waals surface area contributed by atoms with E-state index in [9.17, 15) is 4.79 Å². The lowest BCUT2D eigenvalue weighted by atomic mass is 9.79. The lowest BCUT2D eigenvalue weighted by Gasteiger charge is -2.36. The Kier molecular flexibility index (Phi) is 1.45. The van der Waals surface area contributed by atoms with E-state index in [2.05, 4.69) is 0 Å². The van der Waals surface area contributed by atoms with Crippen LogP contribution in [0.5, 0.6) is 0 Å². The lowest BCUT2D eigenvalue weighted by Crippen LogP contribution is -2.50. The monoisotopic (exact) mass is 129 g/mol. The first kappa shape index (κ1) is 6.55. The van der Waals surface area contributed by atoms with Crippen LogP contribution in [-0.4, -0.2) is 18.6 Å². The minimum Gasteiger partial charge on any atom is -0.368 e. The highest BCUT2D eigenvalue weighted by molar-refractivity contribution is 5.84. The molecule has 1 saturated carbocycles. The van der Waals surface area contributed by atoms with E-state index in [0.717, 1.165) is 19.3 Å². The third kappa shape index (κ3) is 0.812. The second-order valence-electron chi connectivity index (χ2n) is 2.42. The molecule has 2 N–H and O–H groups in total. The van der Waals surface area contributed by atoms with Gasteiger partial charge in [-0.15, -0.1) is 0 Å². The van der Waals surface area contributed by atoms with Crippen molar-refractivity contribution in [3.63, 3.8) is 0 Å². The predicted octanol–water partition coefficient (Wildman–Crippen LogP) is 0.0408. The van der Waals surface area contributed by atoms with Crippen LogP contribution in [0.25, 0.3) is 0 Å². The number of hydrogen-bond acceptors (Lipinski definition) is 2. The number of ether oxygens (including phenoxy) is 1. The number of amides is 1. The molecule has 1 aliphatic rings. The molecular formula is C6H11NO2. The molecule has 0 heterocycles. The van der Waals surface area contributed by atoms with Gasteiger partial charge in [-0.3, -0.25) is 4.79 Å². The fourth-order valence-electron chi connectivity index (χ4n) is 1.05. The van der Waals surface area contributed by atoms with Crippen LogP contribution in [0, 0.1) is 0 Å². The molecule has 0 spiro atoms. The standard InChI is InChI=1S/C6H11NO2/c1-9-6(5(7)8)3-2-4-6/h2-4H2,1H3,(H2,7,8). The summed E-state index contributed by atoms with van der Waals surface area (Å²) in [5.74, 6) is -0.323. The molecule has 0 radical (unpaired) electrons. The largest absolute Gasteiger partial charge is 0.368 e. The van der Waals surface area contributed by atoms with Crippen molar-refractivity contribution in [1.29, 1.82) is 0 Å². The lowest BCUT2D eigenvalue weighted by molar-refractivity contribution is -0.150. The molecule has 3 nitrogen and oxygen atoms in total. The second kappa shape index (κ2) is 1.99. The van der Waals surface area contributed by atoms with E-state index in [-0.39, 0.29) is 5.91 Å². The number of primary amides is 1. The zero-order valence-electron chi connectivity index (χ0n) is 5.52. The molecule has 1 aliphatic carbocycles. The van der Waals surface area contributed by atoms with Crippen molar-refractivity contribution in [3.8, 4) is 0 Å². The van der Waals surface area contributed by atoms with Crippen molar-refractivity contribution >= 4 is 5.91 Å². The van der Waals surface area contributed by atoms with E-state index >= 15 is 0 Å². The summed E-state index contributed by atoms with van der Waals surface area (Å²) in [6.07, 6.45) is 2.63. The molecular weight excluding hydrogens is 118 g/mol. The van der Waals surface area contributed by atoms with Gasteiger partial charge in [0.25, 0.3) is 0 Å². The average Bonchev–Trinajstić information content (AvgIpc) is 1.62. The Labute approximate surface area is 54.2 Å². The molecule has 0 aromatic carbocycles. The van der Waals surface area contributed by atoms with E-state index in [4.69, 9.17) is 10.5 Å². The van der Waals surface area contributed by atoms with E-state index in [1.807, 2.05) is 0 Å². The third-order valence-electron chi connectivity index (χ3n) is 2.00. The van der Waals surface area contributed by atoms with Gasteiger partial charge in [0.2, 0.25) is 5.91 Å². The Morgan fingerprint density at radius 1 is 1.67 bits per heavy atom. The van der Waals surface area contributed by atoms with Gasteiger partial charge in [0.05, 0.1) is 0 Å². The number of nitrogens with two attached hydrogens (primary N) is 1. The molecule has 1 rings (SSSR count). The third-order valence-corrected chi connectivity index (χ3v) is 2.00. The van der Waals surface area contributed by atoms with Gasteiger partial charge in [-0.1, -0.05) is 0 Å². The minimum atomic E-state index is -0.597. The molecule has 0 aliphatic heterocycles. The highest BCUT2D eigenvalue weighted by Crippen LogP contribution is 2.34. The maximum absolute atomic E-state index is 10.6. The molecule has 3 heteroatoms. The Bertz CT molecular complexity index is 124. The zero-order valence-corrected chi connectivity index (χ0v) is 5.52. The van der Waals surface area contributed by atoms with Crippen molar-refractivity contribution < 1.29 is 9.53 Å². The van der Waals surface area contributed by atoms with Crippen molar-refractivity contribution in [2.45, 2.75) is 24.9 Å². The number of methoxy groups -OCH3 is 1. The van der Waals surface area contributed by atoms with Gasteiger partial charge in [-0.25, -0.2) is 0 Å². The molecule has 52 valence electrons. The van der Waals surface area contributed by atoms with Crippen molar-refractivity contribution in [3.05, 3.63) is 0 Å². The average molecular weight is 129 g/mol. The second-order valence-corrected chi connectivity index (χ2v) is 2.42. The fourth-order valence-corrected chi connectivity index (χ4v) is 1.05. The summed E-state index contributed by atoms with van der Waals surface area (Å²) in [5, 5.41) is 0. The van der Waals surface area contributed by atoms with Crippen LogP contribution in [0.4, 0.5) is 0 Å². The van der Waals surface area contributed by atoms with Gasteiger partial charge < -0.3 is 10.5 Å². The normalized spacial score (nSPS) is 22.8. The number of rotatable bonds is 2. The Balaban J connectivity index is 2.57. The molecule has 9 heavy (non-hydrogen) atoms. The first-order chi connectivity index (χ1) is 4.21. The minimum absolute atomic E-state index is 0.323. The highest BCUT2D eigenvalue weighted by atomic mass is 16.5. The smallest absolute Gasteiger partial charge is 0.249 e. The molecule has 0 saturated heterocycles. The number of hydrogen-bond donors (Lipinski definition) is 1. The molecule has 1 fully saturated rings. The van der Waals surface area contributed by atoms with Gasteiger partial charge in [0, 0.05) is 7.11 Å². The van der Waals surface area contributed by atoms with Crippen molar-refractivity contribution in [1.82, 2.24) is 0 Å². The predicted molar refractivity (Wildman–Crippen MR) is 32.8 cm³/mol. The van der Waals surface area contributed by atoms with Crippen LogP contribution in [0.1, 0.15) is 19.3 Å². The summed E-state index contributed by atoms with van der Waals surface area (Å²) in [7, 11) is 1.53. The van der Waals surface area contributed by atoms with E-state index in [1.54, 1.807) is 0 Å². The van der Waals surface area contributed by atoms with E-state index in [0.29, 0.717) is 0 Å². The molecule has 1 amide bonds. The SMILES string of the molecule is COC1(C(N)=O)CCC1. The highest BCUT2D eigenvalue weighted by Gasteiger charge is 2.42. The summed E-state index contributed by atoms with van der Waals surface area (Å²) in [6, 6.07) is 0. The van der Waals surface area contributed by atoms with E-state index in [1.165, 1.54) is 7.11 Å². The summed E-state index contributed by atoms with van der Waals surface area (Å²) >= 11 is 0. The van der Waals surface area contributed by atoms with Crippen molar-refractivity contribution in [2.24, 2.45) is 5.73 Å². The van der Waals surface area contributed by atoms with Crippen LogP contribution < -0.4 is 5.73 Å². The maximum atomic E-state index is 10.6.